The van der Waals surface area contributed by atoms with E-state index in [-0.39, 0.29) is 12.5 Å². The lowest BCUT2D eigenvalue weighted by atomic mass is 9.92. The summed E-state index contributed by atoms with van der Waals surface area (Å²) in [5, 5.41) is 2.00. The van der Waals surface area contributed by atoms with Crippen LogP contribution >= 0.6 is 11.3 Å². The van der Waals surface area contributed by atoms with Gasteiger partial charge < -0.3 is 4.74 Å². The molecule has 2 atom stereocenters. The first kappa shape index (κ1) is 20.6. The summed E-state index contributed by atoms with van der Waals surface area (Å²) >= 11 is 1.57. The average molecular weight is 426 g/mol. The second-order valence-corrected chi connectivity index (χ2v) is 8.56. The Bertz CT molecular complexity index is 1070. The standard InChI is InChI=1S/C23H27N3O3S/c1-4-6-9-13-25-21(27)18(22(28)29-5-2)19(20-15(3)12-14-30-20)26-17-11-8-7-10-16(17)24-23(25)26/h7-8,10-12,14,18-19H,4-6,9,13H2,1-3H3/t18-,19+/m0/s1. The van der Waals surface area contributed by atoms with Gasteiger partial charge in [-0.2, -0.15) is 0 Å². The number of amides is 1. The van der Waals surface area contributed by atoms with Crippen LogP contribution in [0.1, 0.15) is 49.6 Å². The van der Waals surface area contributed by atoms with E-state index in [1.54, 1.807) is 23.2 Å². The number of nitrogens with zero attached hydrogens (tertiary/aromatic N) is 3. The van der Waals surface area contributed by atoms with Crippen molar-refractivity contribution < 1.29 is 14.3 Å². The number of fused-ring (bicyclic) bond motifs is 3. The predicted octanol–water partition coefficient (Wildman–Crippen LogP) is 4.71. The van der Waals surface area contributed by atoms with Crippen LogP contribution in [0.25, 0.3) is 11.0 Å². The summed E-state index contributed by atoms with van der Waals surface area (Å²) in [6, 6.07) is 9.43. The molecule has 3 aromatic rings. The van der Waals surface area contributed by atoms with Gasteiger partial charge >= 0.3 is 5.97 Å². The van der Waals surface area contributed by atoms with Crippen molar-refractivity contribution in [3.05, 3.63) is 46.2 Å². The SMILES string of the molecule is CCCCCN1C(=O)[C@@H](C(=O)OCC)[C@H](c2sccc2C)n2c1nc1ccccc12. The molecule has 30 heavy (non-hydrogen) atoms. The highest BCUT2D eigenvalue weighted by Crippen LogP contribution is 2.43. The van der Waals surface area contributed by atoms with Crippen LogP contribution in [0.5, 0.6) is 0 Å². The molecule has 1 amide bonds. The molecule has 3 heterocycles. The van der Waals surface area contributed by atoms with Crippen LogP contribution in [0.2, 0.25) is 0 Å². The molecule has 0 spiro atoms. The molecule has 6 nitrogen and oxygen atoms in total. The molecule has 1 aliphatic rings. The molecule has 0 bridgehead atoms. The fourth-order valence-corrected chi connectivity index (χ4v) is 5.25. The van der Waals surface area contributed by atoms with Crippen LogP contribution in [-0.4, -0.2) is 34.6 Å². The monoisotopic (exact) mass is 425 g/mol. The lowest BCUT2D eigenvalue weighted by Crippen LogP contribution is -2.50. The Morgan fingerprint density at radius 1 is 1.20 bits per heavy atom. The quantitative estimate of drug-likeness (QED) is 0.312. The van der Waals surface area contributed by atoms with Crippen molar-refractivity contribution in [1.82, 2.24) is 9.55 Å². The van der Waals surface area contributed by atoms with E-state index in [4.69, 9.17) is 9.72 Å². The topological polar surface area (TPSA) is 64.4 Å². The molecule has 4 rings (SSSR count). The van der Waals surface area contributed by atoms with Crippen molar-refractivity contribution in [2.75, 3.05) is 18.1 Å². The number of anilines is 1. The van der Waals surface area contributed by atoms with E-state index in [0.29, 0.717) is 12.5 Å². The van der Waals surface area contributed by atoms with Crippen LogP contribution in [0.4, 0.5) is 5.95 Å². The lowest BCUT2D eigenvalue weighted by molar-refractivity contribution is -0.153. The number of benzene rings is 1. The summed E-state index contributed by atoms with van der Waals surface area (Å²) in [4.78, 5) is 34.2. The summed E-state index contributed by atoms with van der Waals surface area (Å²) in [6.45, 7) is 6.71. The van der Waals surface area contributed by atoms with Gasteiger partial charge in [-0.15, -0.1) is 11.3 Å². The molecule has 0 saturated heterocycles. The van der Waals surface area contributed by atoms with Crippen LogP contribution in [0.15, 0.2) is 35.7 Å². The number of ether oxygens (including phenoxy) is 1. The molecular weight excluding hydrogens is 398 g/mol. The van der Waals surface area contributed by atoms with Crippen LogP contribution in [0, 0.1) is 12.8 Å². The Balaban J connectivity index is 1.94. The van der Waals surface area contributed by atoms with Crippen molar-refractivity contribution in [2.45, 2.75) is 46.1 Å². The summed E-state index contributed by atoms with van der Waals surface area (Å²) < 4.78 is 7.45. The zero-order valence-electron chi connectivity index (χ0n) is 17.6. The minimum atomic E-state index is -0.922. The van der Waals surface area contributed by atoms with Gasteiger partial charge in [0.1, 0.15) is 0 Å². The number of unbranched alkanes of at least 4 members (excludes halogenated alkanes) is 2. The maximum atomic E-state index is 13.7. The maximum Gasteiger partial charge on any atom is 0.321 e. The number of carbonyl (C=O) groups excluding carboxylic acids is 2. The molecule has 0 fully saturated rings. The van der Waals surface area contributed by atoms with Gasteiger partial charge in [0.2, 0.25) is 11.9 Å². The number of hydrogen-bond acceptors (Lipinski definition) is 5. The van der Waals surface area contributed by atoms with Crippen molar-refractivity contribution in [1.29, 1.82) is 0 Å². The van der Waals surface area contributed by atoms with Gasteiger partial charge in [0, 0.05) is 11.4 Å². The van der Waals surface area contributed by atoms with Crippen molar-refractivity contribution in [3.8, 4) is 0 Å². The highest BCUT2D eigenvalue weighted by molar-refractivity contribution is 7.10. The largest absolute Gasteiger partial charge is 0.465 e. The number of thiophene rings is 1. The molecular formula is C23H27N3O3S. The van der Waals surface area contributed by atoms with Crippen molar-refractivity contribution in [3.63, 3.8) is 0 Å². The molecule has 2 aromatic heterocycles. The zero-order chi connectivity index (χ0) is 21.3. The first-order valence-corrected chi connectivity index (χ1v) is 11.4. The van der Waals surface area contributed by atoms with Crippen LogP contribution in [-0.2, 0) is 14.3 Å². The smallest absolute Gasteiger partial charge is 0.321 e. The minimum absolute atomic E-state index is 0.217. The second kappa shape index (κ2) is 8.60. The van der Waals surface area contributed by atoms with E-state index >= 15 is 0 Å². The van der Waals surface area contributed by atoms with E-state index in [1.807, 2.05) is 42.6 Å². The molecule has 0 aliphatic carbocycles. The summed E-state index contributed by atoms with van der Waals surface area (Å²) in [7, 11) is 0. The minimum Gasteiger partial charge on any atom is -0.465 e. The number of esters is 1. The molecule has 158 valence electrons. The van der Waals surface area contributed by atoms with Crippen molar-refractivity contribution >= 4 is 40.2 Å². The molecule has 1 aromatic carbocycles. The van der Waals surface area contributed by atoms with Crippen LogP contribution < -0.4 is 4.90 Å². The van der Waals surface area contributed by atoms with Gasteiger partial charge in [-0.1, -0.05) is 31.9 Å². The fourth-order valence-electron chi connectivity index (χ4n) is 4.19. The van der Waals surface area contributed by atoms with Gasteiger partial charge in [-0.05, 0) is 49.4 Å². The van der Waals surface area contributed by atoms with E-state index in [2.05, 4.69) is 11.5 Å². The Kier molecular flexibility index (Phi) is 5.90. The molecule has 0 unspecified atom stereocenters. The zero-order valence-corrected chi connectivity index (χ0v) is 18.4. The molecule has 1 aliphatic heterocycles. The normalized spacial score (nSPS) is 18.6. The van der Waals surface area contributed by atoms with Crippen LogP contribution in [0.3, 0.4) is 0 Å². The first-order valence-electron chi connectivity index (χ1n) is 10.6. The van der Waals surface area contributed by atoms with Gasteiger partial charge in [0.05, 0.1) is 23.7 Å². The lowest BCUT2D eigenvalue weighted by Gasteiger charge is -2.37. The Morgan fingerprint density at radius 3 is 2.70 bits per heavy atom. The summed E-state index contributed by atoms with van der Waals surface area (Å²) in [5.41, 5.74) is 2.81. The molecule has 0 N–H and O–H groups in total. The van der Waals surface area contributed by atoms with E-state index < -0.39 is 17.9 Å². The Morgan fingerprint density at radius 2 is 2.00 bits per heavy atom. The Hall–Kier alpha value is -2.67. The Labute approximate surface area is 180 Å². The van der Waals surface area contributed by atoms with Gasteiger partial charge in [-0.3, -0.25) is 19.1 Å². The van der Waals surface area contributed by atoms with E-state index in [1.165, 1.54) is 0 Å². The predicted molar refractivity (Wildman–Crippen MR) is 119 cm³/mol. The summed E-state index contributed by atoms with van der Waals surface area (Å²) in [5.74, 6) is -0.987. The number of aromatic nitrogens is 2. The van der Waals surface area contributed by atoms with Crippen molar-refractivity contribution in [2.24, 2.45) is 5.92 Å². The van der Waals surface area contributed by atoms with Gasteiger partial charge in [0.15, 0.2) is 5.92 Å². The third-order valence-corrected chi connectivity index (χ3v) is 6.73. The second-order valence-electron chi connectivity index (χ2n) is 7.61. The number of para-hydroxylation sites is 2. The average Bonchev–Trinajstić information content (AvgIpc) is 3.33. The first-order chi connectivity index (χ1) is 14.6. The number of imidazole rings is 1. The molecule has 0 saturated carbocycles. The highest BCUT2D eigenvalue weighted by Gasteiger charge is 2.48. The van der Waals surface area contributed by atoms with Gasteiger partial charge in [-0.25, -0.2) is 4.98 Å². The number of hydrogen-bond donors (Lipinski definition) is 0. The summed E-state index contributed by atoms with van der Waals surface area (Å²) in [6.07, 6.45) is 2.93. The third kappa shape index (κ3) is 3.41. The van der Waals surface area contributed by atoms with E-state index in [9.17, 15) is 9.59 Å². The number of rotatable bonds is 7. The number of aryl methyl sites for hydroxylation is 1. The van der Waals surface area contributed by atoms with Gasteiger partial charge in [0.25, 0.3) is 0 Å². The molecule has 0 radical (unpaired) electrons. The number of carbonyl (C=O) groups is 2. The fraction of sp³-hybridized carbons (Fsp3) is 0.435. The third-order valence-electron chi connectivity index (χ3n) is 5.64. The highest BCUT2D eigenvalue weighted by atomic mass is 32.1. The van der Waals surface area contributed by atoms with E-state index in [0.717, 1.165) is 40.7 Å². The molecule has 7 heteroatoms. The maximum absolute atomic E-state index is 13.7.